The fourth-order valence-electron chi connectivity index (χ4n) is 1.41. The van der Waals surface area contributed by atoms with Crippen LogP contribution in [-0.4, -0.2) is 28.2 Å². The molecule has 1 saturated carbocycles. The minimum Gasteiger partial charge on any atom is -0.377 e. The van der Waals surface area contributed by atoms with E-state index < -0.39 is 0 Å². The van der Waals surface area contributed by atoms with Crippen molar-refractivity contribution in [1.82, 2.24) is 15.0 Å². The zero-order chi connectivity index (χ0) is 7.97. The van der Waals surface area contributed by atoms with E-state index in [-0.39, 0.29) is 0 Å². The van der Waals surface area contributed by atoms with Gasteiger partial charge in [-0.1, -0.05) is 5.21 Å². The summed E-state index contributed by atoms with van der Waals surface area (Å²) in [6.45, 7) is 1.60. The number of rotatable bonds is 2. The summed E-state index contributed by atoms with van der Waals surface area (Å²) in [5.74, 6) is 0.708. The maximum Gasteiger partial charge on any atom is 0.100 e. The first-order chi connectivity index (χ1) is 5.93. The standard InChI is InChI=1S/C8H11N3O/c1-2-6(1)8-3-11(10-9-8)7-4-12-5-7/h3,6-7H,1-2,4-5H2. The quantitative estimate of drug-likeness (QED) is 0.648. The first-order valence-electron chi connectivity index (χ1n) is 4.43. The lowest BCUT2D eigenvalue weighted by Crippen LogP contribution is -2.30. The molecule has 1 aliphatic carbocycles. The Balaban J connectivity index is 1.81. The Morgan fingerprint density at radius 2 is 2.25 bits per heavy atom. The Bertz CT molecular complexity index is 288. The predicted octanol–water partition coefficient (Wildman–Crippen LogP) is 0.727. The summed E-state index contributed by atoms with van der Waals surface area (Å²) in [4.78, 5) is 0. The molecule has 0 amide bonds. The Labute approximate surface area is 70.5 Å². The SMILES string of the molecule is c1c(C2CC2)nnn1C1COC1. The van der Waals surface area contributed by atoms with Crippen molar-refractivity contribution in [2.45, 2.75) is 24.8 Å². The number of nitrogens with zero attached hydrogens (tertiary/aromatic N) is 3. The first-order valence-corrected chi connectivity index (χ1v) is 4.43. The minimum atomic E-state index is 0.449. The molecule has 64 valence electrons. The monoisotopic (exact) mass is 165 g/mol. The van der Waals surface area contributed by atoms with Crippen LogP contribution in [0.4, 0.5) is 0 Å². The third kappa shape index (κ3) is 0.948. The minimum absolute atomic E-state index is 0.449. The molecule has 1 aliphatic heterocycles. The lowest BCUT2D eigenvalue weighted by molar-refractivity contribution is -0.0293. The lowest BCUT2D eigenvalue weighted by atomic mass is 10.2. The molecule has 0 atom stereocenters. The van der Waals surface area contributed by atoms with Crippen molar-refractivity contribution >= 4 is 0 Å². The van der Waals surface area contributed by atoms with E-state index in [0.29, 0.717) is 12.0 Å². The van der Waals surface area contributed by atoms with Gasteiger partial charge in [0, 0.05) is 12.1 Å². The smallest absolute Gasteiger partial charge is 0.100 e. The van der Waals surface area contributed by atoms with Crippen LogP contribution in [0.2, 0.25) is 0 Å². The lowest BCUT2D eigenvalue weighted by Gasteiger charge is -2.25. The third-order valence-corrected chi connectivity index (χ3v) is 2.52. The first kappa shape index (κ1) is 6.60. The van der Waals surface area contributed by atoms with Crippen LogP contribution >= 0.6 is 0 Å². The summed E-state index contributed by atoms with van der Waals surface area (Å²) < 4.78 is 7.03. The van der Waals surface area contributed by atoms with Gasteiger partial charge in [-0.3, -0.25) is 0 Å². The van der Waals surface area contributed by atoms with E-state index in [2.05, 4.69) is 16.5 Å². The summed E-state index contributed by atoms with van der Waals surface area (Å²) in [5, 5.41) is 8.22. The molecule has 0 radical (unpaired) electrons. The highest BCUT2D eigenvalue weighted by Gasteiger charge is 2.28. The van der Waals surface area contributed by atoms with Gasteiger partial charge in [-0.25, -0.2) is 4.68 Å². The second-order valence-corrected chi connectivity index (χ2v) is 3.59. The van der Waals surface area contributed by atoms with Crippen molar-refractivity contribution in [1.29, 1.82) is 0 Å². The molecule has 3 rings (SSSR count). The van der Waals surface area contributed by atoms with Gasteiger partial charge in [-0.15, -0.1) is 5.10 Å². The van der Waals surface area contributed by atoms with Crippen molar-refractivity contribution in [2.24, 2.45) is 0 Å². The van der Waals surface area contributed by atoms with Crippen LogP contribution in [0.5, 0.6) is 0 Å². The second-order valence-electron chi connectivity index (χ2n) is 3.59. The summed E-state index contributed by atoms with van der Waals surface area (Å²) in [6, 6.07) is 0.449. The van der Waals surface area contributed by atoms with E-state index >= 15 is 0 Å². The molecule has 2 fully saturated rings. The van der Waals surface area contributed by atoms with E-state index in [9.17, 15) is 0 Å². The van der Waals surface area contributed by atoms with Gasteiger partial charge in [-0.05, 0) is 12.8 Å². The van der Waals surface area contributed by atoms with Crippen molar-refractivity contribution in [3.63, 3.8) is 0 Å². The summed E-state index contributed by atoms with van der Waals surface area (Å²) in [7, 11) is 0. The van der Waals surface area contributed by atoms with Crippen LogP contribution in [0, 0.1) is 0 Å². The van der Waals surface area contributed by atoms with E-state index in [1.165, 1.54) is 18.5 Å². The van der Waals surface area contributed by atoms with Crippen LogP contribution in [0.15, 0.2) is 6.20 Å². The van der Waals surface area contributed by atoms with Crippen molar-refractivity contribution < 1.29 is 4.74 Å². The summed E-state index contributed by atoms with van der Waals surface area (Å²) in [6.07, 6.45) is 4.66. The van der Waals surface area contributed by atoms with Crippen LogP contribution in [0.1, 0.15) is 30.5 Å². The molecule has 0 unspecified atom stereocenters. The summed E-state index contributed by atoms with van der Waals surface area (Å²) >= 11 is 0. The topological polar surface area (TPSA) is 39.9 Å². The fourth-order valence-corrected chi connectivity index (χ4v) is 1.41. The van der Waals surface area contributed by atoms with Crippen LogP contribution < -0.4 is 0 Å². The maximum atomic E-state index is 5.09. The number of ether oxygens (including phenoxy) is 1. The molecule has 12 heavy (non-hydrogen) atoms. The fraction of sp³-hybridized carbons (Fsp3) is 0.750. The highest BCUT2D eigenvalue weighted by molar-refractivity contribution is 5.09. The van der Waals surface area contributed by atoms with Crippen LogP contribution in [0.3, 0.4) is 0 Å². The summed E-state index contributed by atoms with van der Waals surface area (Å²) in [5.41, 5.74) is 1.17. The molecule has 1 aromatic heterocycles. The molecule has 1 aromatic rings. The molecule has 4 heteroatoms. The Morgan fingerprint density at radius 1 is 1.42 bits per heavy atom. The molecular weight excluding hydrogens is 154 g/mol. The van der Waals surface area contributed by atoms with Crippen molar-refractivity contribution in [2.75, 3.05) is 13.2 Å². The van der Waals surface area contributed by atoms with Gasteiger partial charge in [0.1, 0.15) is 6.04 Å². The molecule has 0 spiro atoms. The van der Waals surface area contributed by atoms with E-state index in [1.54, 1.807) is 0 Å². The average molecular weight is 165 g/mol. The molecule has 2 aliphatic rings. The molecule has 0 aromatic carbocycles. The number of hydrogen-bond donors (Lipinski definition) is 0. The average Bonchev–Trinajstić information content (AvgIpc) is 2.70. The van der Waals surface area contributed by atoms with Crippen molar-refractivity contribution in [3.05, 3.63) is 11.9 Å². The van der Waals surface area contributed by atoms with Gasteiger partial charge < -0.3 is 4.74 Å². The van der Waals surface area contributed by atoms with Crippen LogP contribution in [-0.2, 0) is 4.74 Å². The normalized spacial score (nSPS) is 24.0. The van der Waals surface area contributed by atoms with Gasteiger partial charge in [-0.2, -0.15) is 0 Å². The Hall–Kier alpha value is -0.900. The number of aromatic nitrogens is 3. The largest absolute Gasteiger partial charge is 0.377 e. The third-order valence-electron chi connectivity index (χ3n) is 2.52. The maximum absolute atomic E-state index is 5.09. The second kappa shape index (κ2) is 2.29. The van der Waals surface area contributed by atoms with Gasteiger partial charge in [0.15, 0.2) is 0 Å². The molecule has 1 saturated heterocycles. The molecule has 0 bridgehead atoms. The Morgan fingerprint density at radius 3 is 2.83 bits per heavy atom. The molecule has 0 N–H and O–H groups in total. The highest BCUT2D eigenvalue weighted by Crippen LogP contribution is 2.38. The molecule has 4 nitrogen and oxygen atoms in total. The predicted molar refractivity (Wildman–Crippen MR) is 41.9 cm³/mol. The molecular formula is C8H11N3O. The zero-order valence-electron chi connectivity index (χ0n) is 6.81. The van der Waals surface area contributed by atoms with E-state index in [1.807, 2.05) is 4.68 Å². The van der Waals surface area contributed by atoms with E-state index in [0.717, 1.165) is 13.2 Å². The van der Waals surface area contributed by atoms with Crippen LogP contribution in [0.25, 0.3) is 0 Å². The van der Waals surface area contributed by atoms with Crippen molar-refractivity contribution in [3.8, 4) is 0 Å². The zero-order valence-corrected chi connectivity index (χ0v) is 6.81. The highest BCUT2D eigenvalue weighted by atomic mass is 16.5. The van der Waals surface area contributed by atoms with Gasteiger partial charge in [0.05, 0.1) is 18.9 Å². The molecule has 2 heterocycles. The van der Waals surface area contributed by atoms with E-state index in [4.69, 9.17) is 4.74 Å². The number of hydrogen-bond acceptors (Lipinski definition) is 3. The van der Waals surface area contributed by atoms with Gasteiger partial charge in [0.25, 0.3) is 0 Å². The van der Waals surface area contributed by atoms with Gasteiger partial charge in [0.2, 0.25) is 0 Å². The Kier molecular flexibility index (Phi) is 1.26. The van der Waals surface area contributed by atoms with Gasteiger partial charge >= 0.3 is 0 Å².